The van der Waals surface area contributed by atoms with Gasteiger partial charge in [0.1, 0.15) is 0 Å². The van der Waals surface area contributed by atoms with E-state index in [1.165, 1.54) is 24.8 Å². The molecule has 3 aliphatic heterocycles. The van der Waals surface area contributed by atoms with Gasteiger partial charge in [-0.1, -0.05) is 0 Å². The van der Waals surface area contributed by atoms with Crippen molar-refractivity contribution in [3.05, 3.63) is 21.9 Å². The molecule has 0 aliphatic carbocycles. The molecule has 2 N–H and O–H groups in total. The third-order valence-corrected chi connectivity index (χ3v) is 6.70. The number of thiophene rings is 1. The third kappa shape index (κ3) is 3.32. The number of rotatable bonds is 4. The summed E-state index contributed by atoms with van der Waals surface area (Å²) in [5.41, 5.74) is 1.51. The fourth-order valence-electron chi connectivity index (χ4n) is 4.18. The predicted octanol–water partition coefficient (Wildman–Crippen LogP) is 1.98. The third-order valence-electron chi connectivity index (χ3n) is 5.68. The van der Waals surface area contributed by atoms with Gasteiger partial charge in [0, 0.05) is 37.6 Å². The highest BCUT2D eigenvalue weighted by atomic mass is 32.1. The van der Waals surface area contributed by atoms with Crippen molar-refractivity contribution in [2.45, 2.75) is 63.4 Å². The van der Waals surface area contributed by atoms with E-state index in [1.54, 1.807) is 4.88 Å². The van der Waals surface area contributed by atoms with Crippen molar-refractivity contribution in [2.24, 2.45) is 4.99 Å². The standard InChI is InChI=1S/C18H28N4OS/c1-12(22-7-5-17-13(11-22)6-8-24-17)10-20-18(19-2)21-15-9-14-3-4-16(15)23-14/h6,8,12,14-16H,3-5,7,9-11H2,1-2H3,(H2,19,20,21). The van der Waals surface area contributed by atoms with Crippen molar-refractivity contribution < 1.29 is 4.74 Å². The van der Waals surface area contributed by atoms with Gasteiger partial charge in [0.15, 0.2) is 5.96 Å². The van der Waals surface area contributed by atoms with Gasteiger partial charge in [0.05, 0.1) is 18.2 Å². The number of hydrogen-bond acceptors (Lipinski definition) is 4. The second-order valence-corrected chi connectivity index (χ2v) is 8.25. The molecule has 132 valence electrons. The number of fused-ring (bicyclic) bond motifs is 3. The molecule has 0 amide bonds. The number of aliphatic imine (C=N–C) groups is 1. The fourth-order valence-corrected chi connectivity index (χ4v) is 5.07. The normalized spacial score (nSPS) is 31.1. The van der Waals surface area contributed by atoms with Crippen LogP contribution in [0.4, 0.5) is 0 Å². The summed E-state index contributed by atoms with van der Waals surface area (Å²) in [6.07, 6.45) is 5.57. The summed E-state index contributed by atoms with van der Waals surface area (Å²) in [5.74, 6) is 0.913. The lowest BCUT2D eigenvalue weighted by Crippen LogP contribution is -2.51. The molecule has 2 fully saturated rings. The van der Waals surface area contributed by atoms with Crippen LogP contribution < -0.4 is 10.6 Å². The van der Waals surface area contributed by atoms with E-state index in [-0.39, 0.29) is 0 Å². The molecule has 3 aliphatic rings. The Bertz CT molecular complexity index is 602. The first kappa shape index (κ1) is 16.4. The Balaban J connectivity index is 1.26. The van der Waals surface area contributed by atoms with E-state index >= 15 is 0 Å². The van der Waals surface area contributed by atoms with Crippen molar-refractivity contribution >= 4 is 17.3 Å². The van der Waals surface area contributed by atoms with Crippen LogP contribution in [0.25, 0.3) is 0 Å². The highest BCUT2D eigenvalue weighted by Gasteiger charge is 2.41. The van der Waals surface area contributed by atoms with Crippen LogP contribution in [0.3, 0.4) is 0 Å². The Morgan fingerprint density at radius 3 is 3.17 bits per heavy atom. The molecule has 1 aromatic heterocycles. The second-order valence-electron chi connectivity index (χ2n) is 7.25. The number of nitrogens with one attached hydrogen (secondary N) is 2. The van der Waals surface area contributed by atoms with Crippen LogP contribution in [0.1, 0.15) is 36.6 Å². The summed E-state index contributed by atoms with van der Waals surface area (Å²) in [5, 5.41) is 9.30. The van der Waals surface area contributed by atoms with Crippen LogP contribution in [0.5, 0.6) is 0 Å². The van der Waals surface area contributed by atoms with E-state index in [9.17, 15) is 0 Å². The first-order valence-corrected chi connectivity index (χ1v) is 10.0. The van der Waals surface area contributed by atoms with Crippen molar-refractivity contribution in [1.82, 2.24) is 15.5 Å². The molecule has 0 spiro atoms. The van der Waals surface area contributed by atoms with Crippen LogP contribution in [-0.4, -0.2) is 55.3 Å². The van der Waals surface area contributed by atoms with Crippen LogP contribution >= 0.6 is 11.3 Å². The Hall–Kier alpha value is -1.11. The summed E-state index contributed by atoms with van der Waals surface area (Å²) >= 11 is 1.90. The van der Waals surface area contributed by atoms with E-state index in [4.69, 9.17) is 4.74 Å². The van der Waals surface area contributed by atoms with E-state index in [1.807, 2.05) is 18.4 Å². The maximum Gasteiger partial charge on any atom is 0.191 e. The lowest BCUT2D eigenvalue weighted by molar-refractivity contribution is 0.0992. The lowest BCUT2D eigenvalue weighted by atomic mass is 9.96. The molecule has 2 bridgehead atoms. The van der Waals surface area contributed by atoms with Gasteiger partial charge >= 0.3 is 0 Å². The highest BCUT2D eigenvalue weighted by Crippen LogP contribution is 2.34. The molecule has 6 heteroatoms. The molecule has 4 atom stereocenters. The van der Waals surface area contributed by atoms with Gasteiger partial charge in [-0.2, -0.15) is 0 Å². The van der Waals surface area contributed by atoms with Gasteiger partial charge in [-0.25, -0.2) is 0 Å². The quantitative estimate of drug-likeness (QED) is 0.645. The van der Waals surface area contributed by atoms with Gasteiger partial charge in [-0.05, 0) is 49.6 Å². The monoisotopic (exact) mass is 348 g/mol. The van der Waals surface area contributed by atoms with E-state index in [0.29, 0.717) is 24.3 Å². The van der Waals surface area contributed by atoms with E-state index < -0.39 is 0 Å². The van der Waals surface area contributed by atoms with Crippen LogP contribution in [-0.2, 0) is 17.7 Å². The van der Waals surface area contributed by atoms with Crippen molar-refractivity contribution in [3.63, 3.8) is 0 Å². The minimum absolute atomic E-state index is 0.380. The number of guanidine groups is 1. The lowest BCUT2D eigenvalue weighted by Gasteiger charge is -2.33. The zero-order valence-corrected chi connectivity index (χ0v) is 15.4. The summed E-state index contributed by atoms with van der Waals surface area (Å²) in [6.45, 7) is 5.45. The summed E-state index contributed by atoms with van der Waals surface area (Å²) in [7, 11) is 1.85. The molecule has 2 saturated heterocycles. The number of hydrogen-bond donors (Lipinski definition) is 2. The fraction of sp³-hybridized carbons (Fsp3) is 0.722. The Morgan fingerprint density at radius 1 is 1.50 bits per heavy atom. The zero-order valence-electron chi connectivity index (χ0n) is 14.6. The van der Waals surface area contributed by atoms with Crippen LogP contribution in [0, 0.1) is 0 Å². The maximum absolute atomic E-state index is 5.92. The zero-order chi connectivity index (χ0) is 16.5. The topological polar surface area (TPSA) is 48.9 Å². The highest BCUT2D eigenvalue weighted by molar-refractivity contribution is 7.10. The molecule has 0 aromatic carbocycles. The van der Waals surface area contributed by atoms with E-state index in [0.717, 1.165) is 32.0 Å². The van der Waals surface area contributed by atoms with Gasteiger partial charge in [0.25, 0.3) is 0 Å². The van der Waals surface area contributed by atoms with Crippen molar-refractivity contribution in [3.8, 4) is 0 Å². The first-order chi connectivity index (χ1) is 11.7. The summed E-state index contributed by atoms with van der Waals surface area (Å²) < 4.78 is 5.92. The number of nitrogens with zero attached hydrogens (tertiary/aromatic N) is 2. The molecule has 5 nitrogen and oxygen atoms in total. The maximum atomic E-state index is 5.92. The Kier molecular flexibility index (Phi) is 4.79. The van der Waals surface area contributed by atoms with Gasteiger partial charge in [0.2, 0.25) is 0 Å². The van der Waals surface area contributed by atoms with Gasteiger partial charge < -0.3 is 15.4 Å². The predicted molar refractivity (Wildman–Crippen MR) is 98.7 cm³/mol. The molecule has 24 heavy (non-hydrogen) atoms. The average molecular weight is 349 g/mol. The Morgan fingerprint density at radius 2 is 2.42 bits per heavy atom. The first-order valence-electron chi connectivity index (χ1n) is 9.15. The second kappa shape index (κ2) is 7.02. The molecule has 4 rings (SSSR count). The van der Waals surface area contributed by atoms with Crippen molar-refractivity contribution in [1.29, 1.82) is 0 Å². The summed E-state index contributed by atoms with van der Waals surface area (Å²) in [6, 6.07) is 3.20. The smallest absolute Gasteiger partial charge is 0.191 e. The largest absolute Gasteiger partial charge is 0.373 e. The van der Waals surface area contributed by atoms with Gasteiger partial charge in [-0.3, -0.25) is 9.89 Å². The van der Waals surface area contributed by atoms with Crippen LogP contribution in [0.2, 0.25) is 0 Å². The van der Waals surface area contributed by atoms with E-state index in [2.05, 4.69) is 38.9 Å². The van der Waals surface area contributed by atoms with Crippen LogP contribution in [0.15, 0.2) is 16.4 Å². The molecule has 0 saturated carbocycles. The number of ether oxygens (including phenoxy) is 1. The molecular formula is C18H28N4OS. The molecule has 1 aromatic rings. The average Bonchev–Trinajstić information content (AvgIpc) is 3.33. The molecule has 0 radical (unpaired) electrons. The molecular weight excluding hydrogens is 320 g/mol. The Labute approximate surface area is 148 Å². The molecule has 4 unspecified atom stereocenters. The van der Waals surface area contributed by atoms with Crippen molar-refractivity contribution in [2.75, 3.05) is 20.1 Å². The minimum atomic E-state index is 0.380. The summed E-state index contributed by atoms with van der Waals surface area (Å²) in [4.78, 5) is 8.54. The van der Waals surface area contributed by atoms with Gasteiger partial charge in [-0.15, -0.1) is 11.3 Å². The molecule has 4 heterocycles. The SMILES string of the molecule is CN=C(NCC(C)N1CCc2sccc2C1)NC1CC2CCC1O2. The minimum Gasteiger partial charge on any atom is -0.373 e.